The molecule has 1 unspecified atom stereocenters. The molecule has 1 N–H and O–H groups in total. The number of anilines is 1. The summed E-state index contributed by atoms with van der Waals surface area (Å²) in [4.78, 5) is 14.3. The molecule has 2 fully saturated rings. The van der Waals surface area contributed by atoms with E-state index in [2.05, 4.69) is 5.32 Å². The zero-order valence-corrected chi connectivity index (χ0v) is 11.9. The Balaban J connectivity index is 1.79. The number of hydrogen-bond donors (Lipinski definition) is 1. The molecule has 1 heterocycles. The van der Waals surface area contributed by atoms with Crippen molar-refractivity contribution >= 4 is 11.6 Å². The Hall–Kier alpha value is -1.75. The van der Waals surface area contributed by atoms with Crippen LogP contribution in [0, 0.1) is 0 Å². The second-order valence-electron chi connectivity index (χ2n) is 5.34. The number of rotatable bonds is 5. The molecular formula is C15H20N2O3. The van der Waals surface area contributed by atoms with Crippen LogP contribution in [-0.4, -0.2) is 38.8 Å². The Morgan fingerprint density at radius 2 is 1.75 bits per heavy atom. The second-order valence-corrected chi connectivity index (χ2v) is 5.34. The molecule has 1 saturated heterocycles. The summed E-state index contributed by atoms with van der Waals surface area (Å²) < 4.78 is 10.5. The van der Waals surface area contributed by atoms with E-state index in [1.807, 2.05) is 23.1 Å². The molecular weight excluding hydrogens is 256 g/mol. The Morgan fingerprint density at radius 1 is 1.10 bits per heavy atom. The monoisotopic (exact) mass is 276 g/mol. The highest BCUT2D eigenvalue weighted by Crippen LogP contribution is 2.31. The molecule has 1 aromatic rings. The molecule has 1 amide bonds. The summed E-state index contributed by atoms with van der Waals surface area (Å²) in [7, 11) is 3.23. The van der Waals surface area contributed by atoms with Crippen molar-refractivity contribution in [1.82, 2.24) is 5.32 Å². The summed E-state index contributed by atoms with van der Waals surface area (Å²) in [6, 6.07) is 6.06. The molecule has 0 aromatic heterocycles. The topological polar surface area (TPSA) is 50.8 Å². The average molecular weight is 276 g/mol. The summed E-state index contributed by atoms with van der Waals surface area (Å²) >= 11 is 0. The quantitative estimate of drug-likeness (QED) is 0.886. The fourth-order valence-electron chi connectivity index (χ4n) is 2.57. The van der Waals surface area contributed by atoms with E-state index in [0.717, 1.165) is 18.7 Å². The van der Waals surface area contributed by atoms with E-state index in [-0.39, 0.29) is 11.9 Å². The van der Waals surface area contributed by atoms with Crippen LogP contribution in [-0.2, 0) is 4.79 Å². The fraction of sp³-hybridized carbons (Fsp3) is 0.533. The van der Waals surface area contributed by atoms with Gasteiger partial charge in [0.25, 0.3) is 0 Å². The van der Waals surface area contributed by atoms with Gasteiger partial charge in [0.05, 0.1) is 25.9 Å². The van der Waals surface area contributed by atoms with Crippen LogP contribution in [0.5, 0.6) is 11.5 Å². The molecule has 3 rings (SSSR count). The second kappa shape index (κ2) is 5.32. The molecule has 1 atom stereocenters. The van der Waals surface area contributed by atoms with Crippen molar-refractivity contribution in [2.24, 2.45) is 0 Å². The molecule has 108 valence electrons. The smallest absolute Gasteiger partial charge is 0.244 e. The number of benzene rings is 1. The third-order valence-corrected chi connectivity index (χ3v) is 3.87. The van der Waals surface area contributed by atoms with Crippen LogP contribution in [0.2, 0.25) is 0 Å². The van der Waals surface area contributed by atoms with E-state index in [1.165, 1.54) is 12.8 Å². The predicted octanol–water partition coefficient (Wildman–Crippen LogP) is 1.56. The molecule has 2 aliphatic rings. The molecule has 0 bridgehead atoms. The van der Waals surface area contributed by atoms with Crippen LogP contribution < -0.4 is 19.7 Å². The zero-order chi connectivity index (χ0) is 14.1. The molecule has 5 nitrogen and oxygen atoms in total. The Labute approximate surface area is 118 Å². The van der Waals surface area contributed by atoms with Crippen molar-refractivity contribution in [2.45, 2.75) is 31.3 Å². The van der Waals surface area contributed by atoms with Crippen LogP contribution in [0.3, 0.4) is 0 Å². The number of methoxy groups -OCH3 is 2. The number of carbonyl (C=O) groups is 1. The van der Waals surface area contributed by atoms with Gasteiger partial charge >= 0.3 is 0 Å². The highest BCUT2D eigenvalue weighted by Gasteiger charge is 2.36. The van der Waals surface area contributed by atoms with Crippen molar-refractivity contribution in [2.75, 3.05) is 25.7 Å². The van der Waals surface area contributed by atoms with E-state index in [0.29, 0.717) is 17.5 Å². The molecule has 0 radical (unpaired) electrons. The minimum Gasteiger partial charge on any atom is -0.497 e. The van der Waals surface area contributed by atoms with Gasteiger partial charge in [0, 0.05) is 30.8 Å². The largest absolute Gasteiger partial charge is 0.497 e. The van der Waals surface area contributed by atoms with Crippen LogP contribution in [0.25, 0.3) is 0 Å². The zero-order valence-electron chi connectivity index (χ0n) is 11.9. The van der Waals surface area contributed by atoms with Gasteiger partial charge in [0.15, 0.2) is 0 Å². The van der Waals surface area contributed by atoms with Crippen molar-refractivity contribution in [3.05, 3.63) is 18.2 Å². The van der Waals surface area contributed by atoms with Gasteiger partial charge in [-0.05, 0) is 19.3 Å². The number of carbonyl (C=O) groups excluding carboxylic acids is 1. The van der Waals surface area contributed by atoms with Gasteiger partial charge in [0.1, 0.15) is 11.5 Å². The van der Waals surface area contributed by atoms with Crippen LogP contribution in [0.15, 0.2) is 18.2 Å². The van der Waals surface area contributed by atoms with Crippen LogP contribution >= 0.6 is 0 Å². The summed E-state index contributed by atoms with van der Waals surface area (Å²) in [6.45, 7) is 0.736. The lowest BCUT2D eigenvalue weighted by Gasteiger charge is -2.19. The molecule has 1 aliphatic heterocycles. The number of nitrogens with one attached hydrogen (secondary N) is 1. The first-order valence-corrected chi connectivity index (χ1v) is 7.02. The normalized spacial score (nSPS) is 22.2. The van der Waals surface area contributed by atoms with Gasteiger partial charge in [-0.15, -0.1) is 0 Å². The van der Waals surface area contributed by atoms with Crippen molar-refractivity contribution in [1.29, 1.82) is 0 Å². The lowest BCUT2D eigenvalue weighted by Crippen LogP contribution is -2.39. The third-order valence-electron chi connectivity index (χ3n) is 3.87. The van der Waals surface area contributed by atoms with Gasteiger partial charge < -0.3 is 19.7 Å². The Morgan fingerprint density at radius 3 is 2.30 bits per heavy atom. The molecule has 0 spiro atoms. The lowest BCUT2D eigenvalue weighted by atomic mass is 10.2. The molecule has 20 heavy (non-hydrogen) atoms. The van der Waals surface area contributed by atoms with E-state index in [4.69, 9.17) is 9.47 Å². The highest BCUT2D eigenvalue weighted by molar-refractivity contribution is 5.99. The molecule has 1 aromatic carbocycles. The summed E-state index contributed by atoms with van der Waals surface area (Å²) in [5.41, 5.74) is 0.839. The lowest BCUT2D eigenvalue weighted by molar-refractivity contribution is -0.118. The van der Waals surface area contributed by atoms with Crippen molar-refractivity contribution in [3.63, 3.8) is 0 Å². The molecule has 1 aliphatic carbocycles. The summed E-state index contributed by atoms with van der Waals surface area (Å²) in [5, 5.41) is 3.41. The average Bonchev–Trinajstić information content (AvgIpc) is 3.22. The number of amides is 1. The maximum Gasteiger partial charge on any atom is 0.244 e. The first-order valence-electron chi connectivity index (χ1n) is 7.02. The summed E-state index contributed by atoms with van der Waals surface area (Å²) in [6.07, 6.45) is 3.24. The van der Waals surface area contributed by atoms with Crippen molar-refractivity contribution in [3.8, 4) is 11.5 Å². The molecule has 5 heteroatoms. The minimum absolute atomic E-state index is 0.0419. The van der Waals surface area contributed by atoms with Gasteiger partial charge in [-0.1, -0.05) is 0 Å². The van der Waals surface area contributed by atoms with Crippen molar-refractivity contribution < 1.29 is 14.3 Å². The summed E-state index contributed by atoms with van der Waals surface area (Å²) in [5.74, 6) is 1.55. The van der Waals surface area contributed by atoms with E-state index < -0.39 is 0 Å². The molecule has 1 saturated carbocycles. The van der Waals surface area contributed by atoms with Gasteiger partial charge in [-0.25, -0.2) is 0 Å². The Bertz CT molecular complexity index is 492. The van der Waals surface area contributed by atoms with E-state index in [1.54, 1.807) is 14.2 Å². The minimum atomic E-state index is -0.0419. The van der Waals surface area contributed by atoms with Gasteiger partial charge in [-0.2, -0.15) is 0 Å². The first-order chi connectivity index (χ1) is 9.71. The standard InChI is InChI=1S/C15H20N2O3/c1-19-12-7-11(8-13(9-12)20-2)17-6-5-14(15(17)18)16-10-3-4-10/h7-10,14,16H,3-6H2,1-2H3. The first kappa shape index (κ1) is 13.2. The number of hydrogen-bond acceptors (Lipinski definition) is 4. The number of nitrogens with zero attached hydrogens (tertiary/aromatic N) is 1. The van der Waals surface area contributed by atoms with E-state index >= 15 is 0 Å². The van der Waals surface area contributed by atoms with Crippen LogP contribution in [0.4, 0.5) is 5.69 Å². The van der Waals surface area contributed by atoms with Crippen LogP contribution in [0.1, 0.15) is 19.3 Å². The highest BCUT2D eigenvalue weighted by atomic mass is 16.5. The number of ether oxygens (including phenoxy) is 2. The third kappa shape index (κ3) is 2.58. The van der Waals surface area contributed by atoms with Gasteiger partial charge in [-0.3, -0.25) is 4.79 Å². The Kier molecular flexibility index (Phi) is 3.53. The maximum atomic E-state index is 12.5. The fourth-order valence-corrected chi connectivity index (χ4v) is 2.57. The predicted molar refractivity (Wildman–Crippen MR) is 76.5 cm³/mol. The maximum absolute atomic E-state index is 12.5. The van der Waals surface area contributed by atoms with E-state index in [9.17, 15) is 4.79 Å². The van der Waals surface area contributed by atoms with Gasteiger partial charge in [0.2, 0.25) is 5.91 Å². The SMILES string of the molecule is COc1cc(OC)cc(N2CCC(NC3CC3)C2=O)c1.